The van der Waals surface area contributed by atoms with Gasteiger partial charge in [-0.05, 0) is 19.3 Å². The van der Waals surface area contributed by atoms with Crippen LogP contribution in [0, 0.1) is 0 Å². The predicted octanol–water partition coefficient (Wildman–Crippen LogP) is 2.49. The van der Waals surface area contributed by atoms with Crippen molar-refractivity contribution in [2.24, 2.45) is 0 Å². The summed E-state index contributed by atoms with van der Waals surface area (Å²) in [6.45, 7) is 0.774. The first-order chi connectivity index (χ1) is 7.38. The minimum absolute atomic E-state index is 0.0215. The van der Waals surface area contributed by atoms with Gasteiger partial charge in [0.05, 0.1) is 18.8 Å². The molecule has 3 nitrogen and oxygen atoms in total. The molecule has 0 amide bonds. The molecular formula is C12H22O3. The Morgan fingerprint density at radius 3 is 2.53 bits per heavy atom. The van der Waals surface area contributed by atoms with Crippen molar-refractivity contribution in [3.05, 3.63) is 0 Å². The molecule has 15 heavy (non-hydrogen) atoms. The largest absolute Gasteiger partial charge is 0.381 e. The summed E-state index contributed by atoms with van der Waals surface area (Å²) in [4.78, 5) is 0. The summed E-state index contributed by atoms with van der Waals surface area (Å²) in [7, 11) is 1.77. The maximum absolute atomic E-state index is 5.96. The van der Waals surface area contributed by atoms with Gasteiger partial charge in [0.2, 0.25) is 0 Å². The minimum atomic E-state index is -0.0215. The first kappa shape index (κ1) is 11.4. The van der Waals surface area contributed by atoms with E-state index in [1.54, 1.807) is 7.11 Å². The van der Waals surface area contributed by atoms with Crippen molar-refractivity contribution in [1.82, 2.24) is 0 Å². The van der Waals surface area contributed by atoms with E-state index in [1.807, 2.05) is 0 Å². The number of methoxy groups -OCH3 is 1. The van der Waals surface area contributed by atoms with Crippen LogP contribution < -0.4 is 0 Å². The normalized spacial score (nSPS) is 34.2. The molecule has 0 bridgehead atoms. The zero-order valence-electron chi connectivity index (χ0n) is 9.61. The Bertz CT molecular complexity index is 178. The molecule has 0 aromatic carbocycles. The van der Waals surface area contributed by atoms with E-state index in [0.29, 0.717) is 12.2 Å². The molecule has 1 heterocycles. The summed E-state index contributed by atoms with van der Waals surface area (Å²) in [5.41, 5.74) is 0. The second kappa shape index (κ2) is 5.83. The van der Waals surface area contributed by atoms with Crippen molar-refractivity contribution in [3.8, 4) is 0 Å². The van der Waals surface area contributed by atoms with Crippen molar-refractivity contribution in [3.63, 3.8) is 0 Å². The van der Waals surface area contributed by atoms with Crippen molar-refractivity contribution in [2.75, 3.05) is 13.7 Å². The van der Waals surface area contributed by atoms with Crippen LogP contribution in [-0.4, -0.2) is 32.2 Å². The molecule has 2 unspecified atom stereocenters. The lowest BCUT2D eigenvalue weighted by atomic mass is 9.97. The topological polar surface area (TPSA) is 27.7 Å². The second-order valence-electron chi connectivity index (χ2n) is 4.58. The molecule has 2 atom stereocenters. The third-order valence-corrected chi connectivity index (χ3v) is 3.43. The van der Waals surface area contributed by atoms with E-state index in [-0.39, 0.29) is 6.29 Å². The standard InChI is InChI=1S/C12H22O3/c1-13-11-7-8-14-12(9-11)15-10-5-3-2-4-6-10/h10-12H,2-9H2,1H3. The Balaban J connectivity index is 1.72. The smallest absolute Gasteiger partial charge is 0.160 e. The average molecular weight is 214 g/mol. The molecule has 0 aromatic heterocycles. The summed E-state index contributed by atoms with van der Waals surface area (Å²) in [6.07, 6.45) is 9.03. The van der Waals surface area contributed by atoms with E-state index in [9.17, 15) is 0 Å². The van der Waals surface area contributed by atoms with Gasteiger partial charge < -0.3 is 14.2 Å². The highest BCUT2D eigenvalue weighted by Crippen LogP contribution is 2.25. The fourth-order valence-electron chi connectivity index (χ4n) is 2.46. The third kappa shape index (κ3) is 3.44. The number of hydrogen-bond donors (Lipinski definition) is 0. The molecule has 2 fully saturated rings. The monoisotopic (exact) mass is 214 g/mol. The van der Waals surface area contributed by atoms with Gasteiger partial charge in [-0.3, -0.25) is 0 Å². The highest BCUT2D eigenvalue weighted by Gasteiger charge is 2.26. The van der Waals surface area contributed by atoms with Gasteiger partial charge in [-0.2, -0.15) is 0 Å². The first-order valence-electron chi connectivity index (χ1n) is 6.18. The third-order valence-electron chi connectivity index (χ3n) is 3.43. The maximum Gasteiger partial charge on any atom is 0.160 e. The van der Waals surface area contributed by atoms with E-state index >= 15 is 0 Å². The van der Waals surface area contributed by atoms with Crippen LogP contribution in [0.2, 0.25) is 0 Å². The Hall–Kier alpha value is -0.120. The lowest BCUT2D eigenvalue weighted by Gasteiger charge is -2.32. The zero-order valence-corrected chi connectivity index (χ0v) is 9.61. The van der Waals surface area contributed by atoms with E-state index < -0.39 is 0 Å². The Morgan fingerprint density at radius 1 is 1.00 bits per heavy atom. The Morgan fingerprint density at radius 2 is 1.80 bits per heavy atom. The molecule has 1 aliphatic heterocycles. The summed E-state index contributed by atoms with van der Waals surface area (Å²) in [6, 6.07) is 0. The van der Waals surface area contributed by atoms with Crippen molar-refractivity contribution in [2.45, 2.75) is 63.4 Å². The minimum Gasteiger partial charge on any atom is -0.381 e. The fraction of sp³-hybridized carbons (Fsp3) is 1.00. The van der Waals surface area contributed by atoms with Crippen LogP contribution >= 0.6 is 0 Å². The van der Waals surface area contributed by atoms with Gasteiger partial charge in [-0.25, -0.2) is 0 Å². The molecule has 2 aliphatic rings. The fourth-order valence-corrected chi connectivity index (χ4v) is 2.46. The molecule has 2 rings (SSSR count). The lowest BCUT2D eigenvalue weighted by Crippen LogP contribution is -2.35. The molecular weight excluding hydrogens is 192 g/mol. The zero-order chi connectivity index (χ0) is 10.5. The van der Waals surface area contributed by atoms with Gasteiger partial charge in [0.15, 0.2) is 6.29 Å². The number of hydrogen-bond acceptors (Lipinski definition) is 3. The van der Waals surface area contributed by atoms with E-state index in [1.165, 1.54) is 32.1 Å². The van der Waals surface area contributed by atoms with Gasteiger partial charge in [0.25, 0.3) is 0 Å². The average Bonchev–Trinajstić information content (AvgIpc) is 2.31. The SMILES string of the molecule is COC1CCOC(OC2CCCCC2)C1. The van der Waals surface area contributed by atoms with E-state index in [2.05, 4.69) is 0 Å². The summed E-state index contributed by atoms with van der Waals surface area (Å²) >= 11 is 0. The van der Waals surface area contributed by atoms with Gasteiger partial charge in [-0.1, -0.05) is 19.3 Å². The van der Waals surface area contributed by atoms with Crippen LogP contribution in [0.3, 0.4) is 0 Å². The van der Waals surface area contributed by atoms with E-state index in [4.69, 9.17) is 14.2 Å². The molecule has 0 radical (unpaired) electrons. The summed E-state index contributed by atoms with van der Waals surface area (Å²) in [5.74, 6) is 0. The van der Waals surface area contributed by atoms with Crippen LogP contribution in [-0.2, 0) is 14.2 Å². The highest BCUT2D eigenvalue weighted by atomic mass is 16.7. The van der Waals surface area contributed by atoms with Gasteiger partial charge in [0, 0.05) is 13.5 Å². The van der Waals surface area contributed by atoms with Gasteiger partial charge >= 0.3 is 0 Å². The van der Waals surface area contributed by atoms with Crippen LogP contribution in [0.5, 0.6) is 0 Å². The van der Waals surface area contributed by atoms with Gasteiger partial charge in [0.1, 0.15) is 0 Å². The summed E-state index contributed by atoms with van der Waals surface area (Å²) < 4.78 is 16.9. The number of rotatable bonds is 3. The van der Waals surface area contributed by atoms with Crippen LogP contribution in [0.15, 0.2) is 0 Å². The highest BCUT2D eigenvalue weighted by molar-refractivity contribution is 4.70. The second-order valence-corrected chi connectivity index (χ2v) is 4.58. The molecule has 0 N–H and O–H groups in total. The molecule has 3 heteroatoms. The Labute approximate surface area is 92.1 Å². The molecule has 1 saturated carbocycles. The van der Waals surface area contributed by atoms with Crippen LogP contribution in [0.1, 0.15) is 44.9 Å². The van der Waals surface area contributed by atoms with E-state index in [0.717, 1.165) is 19.4 Å². The maximum atomic E-state index is 5.96. The molecule has 0 aromatic rings. The quantitative estimate of drug-likeness (QED) is 0.722. The molecule has 0 spiro atoms. The Kier molecular flexibility index (Phi) is 4.42. The van der Waals surface area contributed by atoms with Crippen LogP contribution in [0.25, 0.3) is 0 Å². The molecule has 1 aliphatic carbocycles. The lowest BCUT2D eigenvalue weighted by molar-refractivity contribution is -0.213. The number of ether oxygens (including phenoxy) is 3. The van der Waals surface area contributed by atoms with Crippen molar-refractivity contribution in [1.29, 1.82) is 0 Å². The van der Waals surface area contributed by atoms with Gasteiger partial charge in [-0.15, -0.1) is 0 Å². The van der Waals surface area contributed by atoms with Crippen molar-refractivity contribution >= 4 is 0 Å². The molecule has 88 valence electrons. The van der Waals surface area contributed by atoms with Crippen LogP contribution in [0.4, 0.5) is 0 Å². The molecule has 1 saturated heterocycles. The predicted molar refractivity (Wildman–Crippen MR) is 57.7 cm³/mol. The first-order valence-corrected chi connectivity index (χ1v) is 6.18. The van der Waals surface area contributed by atoms with Crippen molar-refractivity contribution < 1.29 is 14.2 Å². The summed E-state index contributed by atoms with van der Waals surface area (Å²) in [5, 5.41) is 0.